The molecule has 1 unspecified atom stereocenters. The molecule has 0 aromatic heterocycles. The maximum absolute atomic E-state index is 12.0. The Morgan fingerprint density at radius 1 is 1.11 bits per heavy atom. The van der Waals surface area contributed by atoms with Crippen LogP contribution in [0.25, 0.3) is 0 Å². The Morgan fingerprint density at radius 2 is 1.63 bits per heavy atom. The van der Waals surface area contributed by atoms with E-state index in [2.05, 4.69) is 10.6 Å². The lowest BCUT2D eigenvalue weighted by Crippen LogP contribution is -2.54. The summed E-state index contributed by atoms with van der Waals surface area (Å²) in [6, 6.07) is -2.39. The summed E-state index contributed by atoms with van der Waals surface area (Å²) < 4.78 is 5.13. The molecule has 0 aliphatic carbocycles. The van der Waals surface area contributed by atoms with Crippen LogP contribution in [-0.4, -0.2) is 66.3 Å². The third-order valence-electron chi connectivity index (χ3n) is 2.76. The van der Waals surface area contributed by atoms with Gasteiger partial charge in [-0.2, -0.15) is 0 Å². The van der Waals surface area contributed by atoms with Crippen molar-refractivity contribution >= 4 is 17.9 Å². The highest BCUT2D eigenvalue weighted by molar-refractivity contribution is 5.88. The van der Waals surface area contributed by atoms with Gasteiger partial charge in [0.2, 0.25) is 5.91 Å². The quantitative estimate of drug-likeness (QED) is 0.609. The average molecular weight is 273 g/mol. The molecule has 8 nitrogen and oxygen atoms in total. The largest absolute Gasteiger partial charge is 0.480 e. The molecule has 0 saturated carbocycles. The number of nitrogens with one attached hydrogen (secondary N) is 2. The van der Waals surface area contributed by atoms with Crippen molar-refractivity contribution in [2.45, 2.75) is 25.9 Å². The van der Waals surface area contributed by atoms with Crippen molar-refractivity contribution in [1.29, 1.82) is 0 Å². The maximum Gasteiger partial charge on any atom is 0.325 e. The summed E-state index contributed by atoms with van der Waals surface area (Å²) in [6.45, 7) is 4.87. The highest BCUT2D eigenvalue weighted by Gasteiger charge is 2.24. The number of rotatable bonds is 4. The van der Waals surface area contributed by atoms with Gasteiger partial charge < -0.3 is 25.4 Å². The summed E-state index contributed by atoms with van der Waals surface area (Å²) in [4.78, 5) is 35.6. The van der Waals surface area contributed by atoms with Crippen LogP contribution in [0.15, 0.2) is 0 Å². The zero-order valence-corrected chi connectivity index (χ0v) is 11.0. The van der Waals surface area contributed by atoms with E-state index in [1.165, 1.54) is 6.92 Å². The number of morpholine rings is 1. The number of hydrogen-bond donors (Lipinski definition) is 3. The molecule has 1 heterocycles. The van der Waals surface area contributed by atoms with Gasteiger partial charge in [-0.05, 0) is 13.8 Å². The molecular weight excluding hydrogens is 254 g/mol. The number of aliphatic carboxylic acids is 1. The van der Waals surface area contributed by atoms with E-state index in [0.717, 1.165) is 0 Å². The van der Waals surface area contributed by atoms with Crippen LogP contribution in [0.1, 0.15) is 13.8 Å². The van der Waals surface area contributed by atoms with Gasteiger partial charge in [0.1, 0.15) is 12.1 Å². The molecule has 0 aromatic carbocycles. The molecule has 0 aromatic rings. The first kappa shape index (κ1) is 15.2. The zero-order chi connectivity index (χ0) is 14.4. The van der Waals surface area contributed by atoms with Gasteiger partial charge in [0, 0.05) is 13.1 Å². The van der Waals surface area contributed by atoms with E-state index < -0.39 is 24.1 Å². The van der Waals surface area contributed by atoms with E-state index in [4.69, 9.17) is 9.84 Å². The predicted octanol–water partition coefficient (Wildman–Crippen LogP) is -0.994. The molecule has 1 fully saturated rings. The molecule has 3 N–H and O–H groups in total. The summed E-state index contributed by atoms with van der Waals surface area (Å²) in [7, 11) is 0. The summed E-state index contributed by atoms with van der Waals surface area (Å²) in [5.74, 6) is -1.34. The van der Waals surface area contributed by atoms with Crippen LogP contribution in [-0.2, 0) is 14.3 Å². The van der Waals surface area contributed by atoms with E-state index in [-0.39, 0.29) is 5.91 Å². The Kier molecular flexibility index (Phi) is 5.56. The zero-order valence-electron chi connectivity index (χ0n) is 11.0. The molecule has 0 radical (unpaired) electrons. The second kappa shape index (κ2) is 6.93. The first-order valence-corrected chi connectivity index (χ1v) is 6.08. The minimum absolute atomic E-state index is 0.207. The van der Waals surface area contributed by atoms with Crippen LogP contribution >= 0.6 is 0 Å². The number of ether oxygens (including phenoxy) is 1. The Hall–Kier alpha value is -1.83. The first-order chi connectivity index (χ1) is 8.91. The fourth-order valence-corrected chi connectivity index (χ4v) is 1.62. The van der Waals surface area contributed by atoms with E-state index in [0.29, 0.717) is 26.3 Å². The summed E-state index contributed by atoms with van der Waals surface area (Å²) >= 11 is 0. The third kappa shape index (κ3) is 4.74. The van der Waals surface area contributed by atoms with Gasteiger partial charge in [-0.1, -0.05) is 0 Å². The second-order valence-electron chi connectivity index (χ2n) is 4.34. The number of urea groups is 1. The molecule has 0 spiro atoms. The normalized spacial score (nSPS) is 18.3. The Bertz CT molecular complexity index is 354. The molecule has 1 rings (SSSR count). The van der Waals surface area contributed by atoms with Crippen LogP contribution in [0.2, 0.25) is 0 Å². The topological polar surface area (TPSA) is 108 Å². The smallest absolute Gasteiger partial charge is 0.325 e. The molecular formula is C11H19N3O5. The molecule has 1 saturated heterocycles. The standard InChI is InChI=1S/C11H19N3O5/c1-7(9(15)14-3-5-19-6-4-14)12-11(18)13-8(2)10(16)17/h7-8H,3-6H2,1-2H3,(H,16,17)(H2,12,13,18)/t7?,8-/m0/s1. The fraction of sp³-hybridized carbons (Fsp3) is 0.727. The highest BCUT2D eigenvalue weighted by Crippen LogP contribution is 2.00. The maximum atomic E-state index is 12.0. The molecule has 0 bridgehead atoms. The van der Waals surface area contributed by atoms with E-state index in [9.17, 15) is 14.4 Å². The lowest BCUT2D eigenvalue weighted by Gasteiger charge is -2.29. The minimum atomic E-state index is -1.14. The number of carboxylic acids is 1. The van der Waals surface area contributed by atoms with Gasteiger partial charge in [-0.3, -0.25) is 9.59 Å². The van der Waals surface area contributed by atoms with E-state index in [1.807, 2.05) is 0 Å². The number of amides is 3. The molecule has 108 valence electrons. The van der Waals surface area contributed by atoms with Crippen LogP contribution in [0.5, 0.6) is 0 Å². The molecule has 8 heteroatoms. The Morgan fingerprint density at radius 3 is 2.16 bits per heavy atom. The highest BCUT2D eigenvalue weighted by atomic mass is 16.5. The van der Waals surface area contributed by atoms with Gasteiger partial charge >= 0.3 is 12.0 Å². The third-order valence-corrected chi connectivity index (χ3v) is 2.76. The number of nitrogens with zero attached hydrogens (tertiary/aromatic N) is 1. The van der Waals surface area contributed by atoms with Gasteiger partial charge in [0.15, 0.2) is 0 Å². The molecule has 19 heavy (non-hydrogen) atoms. The molecule has 2 atom stereocenters. The van der Waals surface area contributed by atoms with Crippen molar-refractivity contribution in [2.75, 3.05) is 26.3 Å². The van der Waals surface area contributed by atoms with Crippen molar-refractivity contribution in [1.82, 2.24) is 15.5 Å². The SMILES string of the molecule is CC(NC(=O)N[C@@H](C)C(=O)O)C(=O)N1CCOCC1. The Balaban J connectivity index is 2.40. The van der Waals surface area contributed by atoms with Gasteiger partial charge in [-0.15, -0.1) is 0 Å². The lowest BCUT2D eigenvalue weighted by molar-refractivity contribution is -0.138. The average Bonchev–Trinajstić information content (AvgIpc) is 2.38. The monoisotopic (exact) mass is 273 g/mol. The van der Waals surface area contributed by atoms with Crippen molar-refractivity contribution in [3.05, 3.63) is 0 Å². The van der Waals surface area contributed by atoms with Crippen LogP contribution in [0.3, 0.4) is 0 Å². The van der Waals surface area contributed by atoms with Crippen LogP contribution < -0.4 is 10.6 Å². The second-order valence-corrected chi connectivity index (χ2v) is 4.34. The van der Waals surface area contributed by atoms with Crippen molar-refractivity contribution < 1.29 is 24.2 Å². The lowest BCUT2D eigenvalue weighted by atomic mass is 10.2. The van der Waals surface area contributed by atoms with Gasteiger partial charge in [0.25, 0.3) is 0 Å². The van der Waals surface area contributed by atoms with Gasteiger partial charge in [0.05, 0.1) is 13.2 Å². The number of hydrogen-bond acceptors (Lipinski definition) is 4. The molecule has 3 amide bonds. The molecule has 1 aliphatic heterocycles. The van der Waals surface area contributed by atoms with Crippen LogP contribution in [0, 0.1) is 0 Å². The van der Waals surface area contributed by atoms with Gasteiger partial charge in [-0.25, -0.2) is 4.79 Å². The molecule has 1 aliphatic rings. The van der Waals surface area contributed by atoms with Crippen molar-refractivity contribution in [2.24, 2.45) is 0 Å². The number of carboxylic acid groups (broad SMARTS) is 1. The van der Waals surface area contributed by atoms with Crippen molar-refractivity contribution in [3.8, 4) is 0 Å². The number of carbonyl (C=O) groups is 3. The fourth-order valence-electron chi connectivity index (χ4n) is 1.62. The summed E-state index contributed by atoms with van der Waals surface area (Å²) in [5.41, 5.74) is 0. The summed E-state index contributed by atoms with van der Waals surface area (Å²) in [6.07, 6.45) is 0. The minimum Gasteiger partial charge on any atom is -0.480 e. The first-order valence-electron chi connectivity index (χ1n) is 6.08. The summed E-state index contributed by atoms with van der Waals surface area (Å²) in [5, 5.41) is 13.3. The predicted molar refractivity (Wildman–Crippen MR) is 65.6 cm³/mol. The van der Waals surface area contributed by atoms with E-state index in [1.54, 1.807) is 11.8 Å². The number of carbonyl (C=O) groups excluding carboxylic acids is 2. The van der Waals surface area contributed by atoms with Crippen molar-refractivity contribution in [3.63, 3.8) is 0 Å². The van der Waals surface area contributed by atoms with Crippen LogP contribution in [0.4, 0.5) is 4.79 Å². The van der Waals surface area contributed by atoms with E-state index >= 15 is 0 Å². The Labute approximate surface area is 111 Å².